The first-order valence-corrected chi connectivity index (χ1v) is 14.6. The van der Waals surface area contributed by atoms with Gasteiger partial charge in [-0.1, -0.05) is 90.5 Å². The number of hydrogen-bond donors (Lipinski definition) is 0. The lowest BCUT2D eigenvalue weighted by Crippen LogP contribution is -2.22. The Morgan fingerprint density at radius 1 is 0.488 bits per heavy atom. The maximum absolute atomic E-state index is 2.40. The zero-order chi connectivity index (χ0) is 27.9. The Morgan fingerprint density at radius 3 is 1.73 bits per heavy atom. The van der Waals surface area contributed by atoms with Crippen LogP contribution in [0.4, 0.5) is 22.7 Å². The standard InChI is InChI=1S/C39H34N2/c1-4-40(5-2)34-10-7-11-35(26-34)41(32-20-12-27(3)13-21-32)33-22-16-28(17-23-33)36-24-18-31-15-14-29-8-6-9-30-19-25-37(36)39(31)38(29)30/h6-26H,4-5H2,1-3H3. The molecule has 0 aliphatic heterocycles. The number of nitrogens with zero attached hydrogens (tertiary/aromatic N) is 2. The number of rotatable bonds is 7. The Kier molecular flexibility index (Phi) is 6.32. The zero-order valence-corrected chi connectivity index (χ0v) is 23.9. The van der Waals surface area contributed by atoms with Gasteiger partial charge in [-0.15, -0.1) is 0 Å². The van der Waals surface area contributed by atoms with E-state index in [1.807, 2.05) is 0 Å². The number of aryl methyl sites for hydroxylation is 1. The third-order valence-electron chi connectivity index (χ3n) is 8.47. The summed E-state index contributed by atoms with van der Waals surface area (Å²) in [5.41, 5.74) is 8.47. The fourth-order valence-corrected chi connectivity index (χ4v) is 6.34. The highest BCUT2D eigenvalue weighted by Gasteiger charge is 2.16. The van der Waals surface area contributed by atoms with Crippen molar-refractivity contribution in [2.75, 3.05) is 22.9 Å². The van der Waals surface area contributed by atoms with Crippen LogP contribution in [-0.2, 0) is 0 Å². The molecule has 0 unspecified atom stereocenters. The molecule has 0 radical (unpaired) electrons. The Morgan fingerprint density at radius 2 is 1.05 bits per heavy atom. The molecule has 0 saturated carbocycles. The van der Waals surface area contributed by atoms with Crippen LogP contribution in [0.1, 0.15) is 19.4 Å². The first-order valence-electron chi connectivity index (χ1n) is 14.6. The molecule has 0 bridgehead atoms. The molecule has 0 spiro atoms. The van der Waals surface area contributed by atoms with Crippen molar-refractivity contribution >= 4 is 55.1 Å². The lowest BCUT2D eigenvalue weighted by molar-refractivity contribution is 0.866. The van der Waals surface area contributed by atoms with E-state index in [9.17, 15) is 0 Å². The maximum Gasteiger partial charge on any atom is 0.0482 e. The molecule has 0 amide bonds. The average Bonchev–Trinajstić information content (AvgIpc) is 3.02. The van der Waals surface area contributed by atoms with Gasteiger partial charge in [-0.2, -0.15) is 0 Å². The summed E-state index contributed by atoms with van der Waals surface area (Å²) in [4.78, 5) is 4.76. The maximum atomic E-state index is 2.40. The van der Waals surface area contributed by atoms with Crippen LogP contribution in [0.25, 0.3) is 43.4 Å². The smallest absolute Gasteiger partial charge is 0.0482 e. The van der Waals surface area contributed by atoms with Gasteiger partial charge < -0.3 is 9.80 Å². The molecule has 0 aliphatic rings. The minimum absolute atomic E-state index is 0.985. The summed E-state index contributed by atoms with van der Waals surface area (Å²) in [7, 11) is 0. The van der Waals surface area contributed by atoms with Crippen LogP contribution in [0.5, 0.6) is 0 Å². The van der Waals surface area contributed by atoms with E-state index in [0.29, 0.717) is 0 Å². The molecule has 0 aromatic heterocycles. The van der Waals surface area contributed by atoms with E-state index in [4.69, 9.17) is 0 Å². The van der Waals surface area contributed by atoms with E-state index in [1.165, 1.54) is 54.7 Å². The highest BCUT2D eigenvalue weighted by atomic mass is 15.2. The summed E-state index contributed by atoms with van der Waals surface area (Å²) in [5, 5.41) is 7.92. The fraction of sp³-hybridized carbons (Fsp3) is 0.128. The second-order valence-corrected chi connectivity index (χ2v) is 10.9. The van der Waals surface area contributed by atoms with Gasteiger partial charge in [0.2, 0.25) is 0 Å². The van der Waals surface area contributed by atoms with E-state index in [0.717, 1.165) is 30.2 Å². The van der Waals surface area contributed by atoms with E-state index >= 15 is 0 Å². The molecule has 200 valence electrons. The van der Waals surface area contributed by atoms with Gasteiger partial charge in [0, 0.05) is 35.8 Å². The van der Waals surface area contributed by atoms with Gasteiger partial charge in [-0.3, -0.25) is 0 Å². The van der Waals surface area contributed by atoms with Crippen LogP contribution in [0, 0.1) is 6.92 Å². The summed E-state index contributed by atoms with van der Waals surface area (Å²) in [6.07, 6.45) is 0. The van der Waals surface area contributed by atoms with Gasteiger partial charge in [0.25, 0.3) is 0 Å². The van der Waals surface area contributed by atoms with Gasteiger partial charge in [0.1, 0.15) is 0 Å². The number of benzene rings is 7. The largest absolute Gasteiger partial charge is 0.372 e. The summed E-state index contributed by atoms with van der Waals surface area (Å²) in [6, 6.07) is 47.0. The van der Waals surface area contributed by atoms with Crippen molar-refractivity contribution in [1.29, 1.82) is 0 Å². The highest BCUT2D eigenvalue weighted by molar-refractivity contribution is 6.25. The average molecular weight is 531 g/mol. The van der Waals surface area contributed by atoms with Crippen molar-refractivity contribution < 1.29 is 0 Å². The van der Waals surface area contributed by atoms with Gasteiger partial charge in [0.15, 0.2) is 0 Å². The van der Waals surface area contributed by atoms with E-state index < -0.39 is 0 Å². The van der Waals surface area contributed by atoms with Crippen molar-refractivity contribution in [3.8, 4) is 11.1 Å². The van der Waals surface area contributed by atoms with E-state index in [-0.39, 0.29) is 0 Å². The third kappa shape index (κ3) is 4.37. The molecule has 0 heterocycles. The van der Waals surface area contributed by atoms with Crippen LogP contribution >= 0.6 is 0 Å². The first-order chi connectivity index (χ1) is 20.1. The van der Waals surface area contributed by atoms with Crippen LogP contribution in [0.2, 0.25) is 0 Å². The molecule has 0 saturated heterocycles. The summed E-state index contributed by atoms with van der Waals surface area (Å²) in [6.45, 7) is 8.54. The summed E-state index contributed by atoms with van der Waals surface area (Å²) >= 11 is 0. The molecule has 2 heteroatoms. The predicted octanol–water partition coefficient (Wildman–Crippen LogP) is 10.9. The van der Waals surface area contributed by atoms with Crippen molar-refractivity contribution in [3.05, 3.63) is 133 Å². The van der Waals surface area contributed by atoms with E-state index in [2.05, 4.69) is 158 Å². The second kappa shape index (κ2) is 10.3. The first kappa shape index (κ1) is 25.2. The van der Waals surface area contributed by atoms with Crippen LogP contribution in [0.3, 0.4) is 0 Å². The molecule has 7 aromatic carbocycles. The highest BCUT2D eigenvalue weighted by Crippen LogP contribution is 2.41. The van der Waals surface area contributed by atoms with Gasteiger partial charge in [0.05, 0.1) is 0 Å². The molecule has 0 atom stereocenters. The summed E-state index contributed by atoms with van der Waals surface area (Å²) in [5.74, 6) is 0. The minimum atomic E-state index is 0.985. The van der Waals surface area contributed by atoms with E-state index in [1.54, 1.807) is 0 Å². The topological polar surface area (TPSA) is 6.48 Å². The zero-order valence-electron chi connectivity index (χ0n) is 23.9. The van der Waals surface area contributed by atoms with Gasteiger partial charge in [-0.05, 0) is 107 Å². The van der Waals surface area contributed by atoms with Crippen molar-refractivity contribution in [1.82, 2.24) is 0 Å². The van der Waals surface area contributed by atoms with Crippen LogP contribution in [-0.4, -0.2) is 13.1 Å². The Bertz CT molecular complexity index is 1950. The molecule has 0 N–H and O–H groups in total. The fourth-order valence-electron chi connectivity index (χ4n) is 6.34. The third-order valence-corrected chi connectivity index (χ3v) is 8.47. The Balaban J connectivity index is 1.34. The molecule has 0 aliphatic carbocycles. The van der Waals surface area contributed by atoms with Crippen molar-refractivity contribution in [2.24, 2.45) is 0 Å². The predicted molar refractivity (Wildman–Crippen MR) is 179 cm³/mol. The van der Waals surface area contributed by atoms with Crippen LogP contribution < -0.4 is 9.80 Å². The number of hydrogen-bond acceptors (Lipinski definition) is 2. The molecule has 7 rings (SSSR count). The molecular weight excluding hydrogens is 496 g/mol. The lowest BCUT2D eigenvalue weighted by atomic mass is 9.90. The Hall–Kier alpha value is -4.82. The molecule has 2 nitrogen and oxygen atoms in total. The number of anilines is 4. The SMILES string of the molecule is CCN(CC)c1cccc(N(c2ccc(C)cc2)c2ccc(-c3ccc4ccc5cccc6ccc3c4c56)cc2)c1. The summed E-state index contributed by atoms with van der Waals surface area (Å²) < 4.78 is 0. The second-order valence-electron chi connectivity index (χ2n) is 10.9. The molecule has 0 fully saturated rings. The molecular formula is C39H34N2. The Labute approximate surface area is 242 Å². The monoisotopic (exact) mass is 530 g/mol. The normalized spacial score (nSPS) is 11.5. The van der Waals surface area contributed by atoms with Crippen molar-refractivity contribution in [3.63, 3.8) is 0 Å². The quantitative estimate of drug-likeness (QED) is 0.189. The molecule has 7 aromatic rings. The lowest BCUT2D eigenvalue weighted by Gasteiger charge is -2.28. The van der Waals surface area contributed by atoms with Gasteiger partial charge in [-0.25, -0.2) is 0 Å². The molecule has 41 heavy (non-hydrogen) atoms. The van der Waals surface area contributed by atoms with Crippen LogP contribution in [0.15, 0.2) is 127 Å². The minimum Gasteiger partial charge on any atom is -0.372 e. The van der Waals surface area contributed by atoms with Crippen molar-refractivity contribution in [2.45, 2.75) is 20.8 Å². The van der Waals surface area contributed by atoms with Gasteiger partial charge >= 0.3 is 0 Å².